The number of piperazine rings is 1. The van der Waals surface area contributed by atoms with E-state index in [2.05, 4.69) is 12.2 Å². The van der Waals surface area contributed by atoms with E-state index in [1.165, 1.54) is 37.1 Å². The second kappa shape index (κ2) is 13.1. The van der Waals surface area contributed by atoms with Crippen LogP contribution in [0.5, 0.6) is 0 Å². The smallest absolute Gasteiger partial charge is 0.270 e. The average molecular weight is 475 g/mol. The minimum Gasteiger partial charge on any atom is -0.340 e. The molecule has 3 amide bonds. The van der Waals surface area contributed by atoms with Crippen LogP contribution in [0.1, 0.15) is 76.6 Å². The number of amides is 3. The molecule has 1 aliphatic heterocycles. The van der Waals surface area contributed by atoms with Gasteiger partial charge in [-0.15, -0.1) is 0 Å². The summed E-state index contributed by atoms with van der Waals surface area (Å²) >= 11 is 0. The molecule has 1 aromatic carbocycles. The van der Waals surface area contributed by atoms with Gasteiger partial charge >= 0.3 is 0 Å². The number of hydrogen-bond acceptors (Lipinski definition) is 5. The lowest BCUT2D eigenvalue weighted by molar-refractivity contribution is -0.384. The number of nitro benzene ring substituents is 1. The maximum atomic E-state index is 13.3. The highest BCUT2D eigenvalue weighted by molar-refractivity contribution is 5.98. The fraction of sp³-hybridized carbons (Fsp3) is 0.640. The molecular formula is C25H38N4O5. The summed E-state index contributed by atoms with van der Waals surface area (Å²) < 4.78 is 0. The molecule has 1 heterocycles. The van der Waals surface area contributed by atoms with Crippen LogP contribution in [0.15, 0.2) is 24.3 Å². The minimum absolute atomic E-state index is 0.0962. The Morgan fingerprint density at radius 3 is 2.47 bits per heavy atom. The average Bonchev–Trinajstić information content (AvgIpc) is 2.81. The summed E-state index contributed by atoms with van der Waals surface area (Å²) in [6.45, 7) is 9.11. The van der Waals surface area contributed by atoms with Gasteiger partial charge in [-0.3, -0.25) is 24.5 Å². The van der Waals surface area contributed by atoms with Gasteiger partial charge < -0.3 is 15.1 Å². The number of rotatable bonds is 11. The third-order valence-electron chi connectivity index (χ3n) is 6.29. The topological polar surface area (TPSA) is 113 Å². The summed E-state index contributed by atoms with van der Waals surface area (Å²) in [5.74, 6) is -0.767. The first kappa shape index (κ1) is 27.3. The second-order valence-corrected chi connectivity index (χ2v) is 9.39. The van der Waals surface area contributed by atoms with Crippen LogP contribution < -0.4 is 5.32 Å². The van der Waals surface area contributed by atoms with Crippen LogP contribution in [0.2, 0.25) is 0 Å². The largest absolute Gasteiger partial charge is 0.340 e. The first-order chi connectivity index (χ1) is 16.1. The zero-order chi connectivity index (χ0) is 25.3. The molecule has 9 heteroatoms. The summed E-state index contributed by atoms with van der Waals surface area (Å²) in [6, 6.07) is 4.59. The Labute approximate surface area is 202 Å². The lowest BCUT2D eigenvalue weighted by atomic mass is 10.0. The summed E-state index contributed by atoms with van der Waals surface area (Å²) in [5, 5.41) is 13.8. The molecule has 34 heavy (non-hydrogen) atoms. The van der Waals surface area contributed by atoms with E-state index in [9.17, 15) is 24.5 Å². The standard InChI is InChI=1S/C25H38N4O5/c1-5-6-7-8-9-13-22(30)28-15-14-27(17-19(28)4)25(32)23(18(2)3)26-24(31)20-11-10-12-21(16-20)29(33)34/h10-12,16,18-19,23H,5-9,13-15,17H2,1-4H3,(H,26,31). The number of nitro groups is 1. The van der Waals surface area contributed by atoms with Crippen molar-refractivity contribution in [2.24, 2.45) is 5.92 Å². The van der Waals surface area contributed by atoms with Crippen LogP contribution in [0.25, 0.3) is 0 Å². The van der Waals surface area contributed by atoms with Crippen molar-refractivity contribution in [3.8, 4) is 0 Å². The number of benzene rings is 1. The molecule has 2 rings (SSSR count). The van der Waals surface area contributed by atoms with E-state index in [0.717, 1.165) is 19.3 Å². The lowest BCUT2D eigenvalue weighted by Crippen LogP contribution is -2.59. The number of nitrogens with one attached hydrogen (secondary N) is 1. The monoisotopic (exact) mass is 474 g/mol. The van der Waals surface area contributed by atoms with Crippen molar-refractivity contribution in [1.82, 2.24) is 15.1 Å². The van der Waals surface area contributed by atoms with Crippen LogP contribution in [-0.2, 0) is 9.59 Å². The Morgan fingerprint density at radius 2 is 1.85 bits per heavy atom. The summed E-state index contributed by atoms with van der Waals surface area (Å²) in [5.41, 5.74) is -0.0459. The van der Waals surface area contributed by atoms with Gasteiger partial charge in [0, 0.05) is 49.8 Å². The molecule has 0 radical (unpaired) electrons. The maximum absolute atomic E-state index is 13.3. The van der Waals surface area contributed by atoms with Gasteiger partial charge in [-0.25, -0.2) is 0 Å². The molecule has 188 valence electrons. The molecule has 0 saturated carbocycles. The Balaban J connectivity index is 1.96. The summed E-state index contributed by atoms with van der Waals surface area (Å²) in [4.78, 5) is 52.7. The van der Waals surface area contributed by atoms with Crippen molar-refractivity contribution in [1.29, 1.82) is 0 Å². The number of non-ortho nitro benzene ring substituents is 1. The molecule has 0 aromatic heterocycles. The van der Waals surface area contributed by atoms with Gasteiger partial charge in [0.25, 0.3) is 11.6 Å². The second-order valence-electron chi connectivity index (χ2n) is 9.39. The van der Waals surface area contributed by atoms with E-state index in [4.69, 9.17) is 0 Å². The summed E-state index contributed by atoms with van der Waals surface area (Å²) in [6.07, 6.45) is 6.01. The van der Waals surface area contributed by atoms with Crippen LogP contribution >= 0.6 is 0 Å². The molecule has 1 saturated heterocycles. The molecule has 1 aromatic rings. The Kier molecular flexibility index (Phi) is 10.5. The molecular weight excluding hydrogens is 436 g/mol. The quantitative estimate of drug-likeness (QED) is 0.298. The van der Waals surface area contributed by atoms with Gasteiger partial charge in [-0.1, -0.05) is 52.5 Å². The van der Waals surface area contributed by atoms with Crippen molar-refractivity contribution in [3.05, 3.63) is 39.9 Å². The molecule has 0 aliphatic carbocycles. The van der Waals surface area contributed by atoms with Crippen LogP contribution in [-0.4, -0.2) is 64.2 Å². The van der Waals surface area contributed by atoms with Gasteiger partial charge in [0.1, 0.15) is 6.04 Å². The van der Waals surface area contributed by atoms with Crippen molar-refractivity contribution < 1.29 is 19.3 Å². The molecule has 1 fully saturated rings. The predicted octanol–water partition coefficient (Wildman–Crippen LogP) is 3.77. The highest BCUT2D eigenvalue weighted by Gasteiger charge is 2.34. The Hall–Kier alpha value is -2.97. The number of nitrogens with zero attached hydrogens (tertiary/aromatic N) is 3. The third kappa shape index (κ3) is 7.53. The molecule has 9 nitrogen and oxygen atoms in total. The fourth-order valence-corrected chi connectivity index (χ4v) is 4.25. The van der Waals surface area contributed by atoms with Crippen LogP contribution in [0.4, 0.5) is 5.69 Å². The SMILES string of the molecule is CCCCCCCC(=O)N1CCN(C(=O)C(NC(=O)c2cccc([N+](=O)[O-])c2)C(C)C)CC1C. The maximum Gasteiger partial charge on any atom is 0.270 e. The van der Waals surface area contributed by atoms with E-state index >= 15 is 0 Å². The van der Waals surface area contributed by atoms with Gasteiger partial charge in [-0.2, -0.15) is 0 Å². The number of hydrogen-bond donors (Lipinski definition) is 1. The van der Waals surface area contributed by atoms with E-state index in [1.54, 1.807) is 4.90 Å². The Morgan fingerprint density at radius 1 is 1.15 bits per heavy atom. The Bertz CT molecular complexity index is 873. The third-order valence-corrected chi connectivity index (χ3v) is 6.29. The molecule has 0 spiro atoms. The van der Waals surface area contributed by atoms with Crippen molar-refractivity contribution in [2.75, 3.05) is 19.6 Å². The number of carbonyl (C=O) groups excluding carboxylic acids is 3. The number of carbonyl (C=O) groups is 3. The van der Waals surface area contributed by atoms with Crippen molar-refractivity contribution in [2.45, 2.75) is 78.3 Å². The predicted molar refractivity (Wildman–Crippen MR) is 130 cm³/mol. The van der Waals surface area contributed by atoms with E-state index in [-0.39, 0.29) is 35.0 Å². The van der Waals surface area contributed by atoms with Gasteiger partial charge in [0.15, 0.2) is 0 Å². The van der Waals surface area contributed by atoms with Gasteiger partial charge in [0.2, 0.25) is 11.8 Å². The highest BCUT2D eigenvalue weighted by atomic mass is 16.6. The lowest BCUT2D eigenvalue weighted by Gasteiger charge is -2.41. The number of unbranched alkanes of at least 4 members (excludes halogenated alkanes) is 4. The molecule has 1 N–H and O–H groups in total. The van der Waals surface area contributed by atoms with Crippen LogP contribution in [0, 0.1) is 16.0 Å². The molecule has 2 atom stereocenters. The normalized spacial score (nSPS) is 16.9. The van der Waals surface area contributed by atoms with Crippen LogP contribution in [0.3, 0.4) is 0 Å². The van der Waals surface area contributed by atoms with Gasteiger partial charge in [-0.05, 0) is 25.3 Å². The highest BCUT2D eigenvalue weighted by Crippen LogP contribution is 2.18. The fourth-order valence-electron chi connectivity index (χ4n) is 4.25. The zero-order valence-electron chi connectivity index (χ0n) is 20.8. The molecule has 1 aliphatic rings. The van der Waals surface area contributed by atoms with E-state index in [1.807, 2.05) is 25.7 Å². The minimum atomic E-state index is -0.764. The molecule has 2 unspecified atom stereocenters. The van der Waals surface area contributed by atoms with E-state index in [0.29, 0.717) is 26.1 Å². The zero-order valence-corrected chi connectivity index (χ0v) is 20.8. The van der Waals surface area contributed by atoms with E-state index < -0.39 is 16.9 Å². The first-order valence-electron chi connectivity index (χ1n) is 12.3. The summed E-state index contributed by atoms with van der Waals surface area (Å²) in [7, 11) is 0. The molecule has 0 bridgehead atoms. The van der Waals surface area contributed by atoms with Gasteiger partial charge in [0.05, 0.1) is 4.92 Å². The van der Waals surface area contributed by atoms with Crippen molar-refractivity contribution >= 4 is 23.4 Å². The van der Waals surface area contributed by atoms with Crippen molar-refractivity contribution in [3.63, 3.8) is 0 Å². The first-order valence-corrected chi connectivity index (χ1v) is 12.3.